The zero-order valence-electron chi connectivity index (χ0n) is 19.1. The first-order chi connectivity index (χ1) is 16.3. The molecule has 1 aliphatic rings. The van der Waals surface area contributed by atoms with Crippen molar-refractivity contribution in [1.82, 2.24) is 23.7 Å². The first-order valence-electron chi connectivity index (χ1n) is 11.2. The van der Waals surface area contributed by atoms with E-state index in [1.165, 1.54) is 12.1 Å². The molecule has 34 heavy (non-hydrogen) atoms. The molecule has 9 heteroatoms. The summed E-state index contributed by atoms with van der Waals surface area (Å²) in [6.07, 6.45) is 1.69. The number of benzene rings is 2. The van der Waals surface area contributed by atoms with E-state index in [0.717, 1.165) is 22.5 Å². The molecule has 0 aliphatic carbocycles. The number of halogens is 1. The summed E-state index contributed by atoms with van der Waals surface area (Å²) in [5.74, 6) is 0.414. The van der Waals surface area contributed by atoms with Crippen LogP contribution < -0.4 is 0 Å². The van der Waals surface area contributed by atoms with E-state index in [2.05, 4.69) is 9.88 Å². The Morgan fingerprint density at radius 1 is 0.971 bits per heavy atom. The predicted octanol–water partition coefficient (Wildman–Crippen LogP) is 3.68. The second-order valence-corrected chi connectivity index (χ2v) is 10.5. The van der Waals surface area contributed by atoms with Crippen LogP contribution in [-0.4, -0.2) is 58.3 Å². The highest BCUT2D eigenvalue weighted by molar-refractivity contribution is 7.89. The molecule has 0 unspecified atom stereocenters. The standard InChI is InChI=1S/C25H26FN5O2S/c1-18-8-9-19(2)23(15-18)34(32,33)30-13-11-29(12-14-30)17-24-28-22-7-4-10-27-25(22)31(24)21-6-3-5-20(26)16-21/h3-10,15-16H,11-14,17H2,1-2H3. The summed E-state index contributed by atoms with van der Waals surface area (Å²) in [5, 5.41) is 0. The fourth-order valence-corrected chi connectivity index (χ4v) is 6.14. The van der Waals surface area contributed by atoms with Crippen LogP contribution in [0.15, 0.2) is 65.7 Å². The number of hydrogen-bond donors (Lipinski definition) is 0. The van der Waals surface area contributed by atoms with Crippen molar-refractivity contribution in [3.05, 3.63) is 83.6 Å². The number of aromatic nitrogens is 3. The minimum absolute atomic E-state index is 0.327. The summed E-state index contributed by atoms with van der Waals surface area (Å²) in [6, 6.07) is 15.6. The molecule has 1 fully saturated rings. The summed E-state index contributed by atoms with van der Waals surface area (Å²) < 4.78 is 43.9. The number of aryl methyl sites for hydroxylation is 2. The van der Waals surface area contributed by atoms with Crippen molar-refractivity contribution in [2.45, 2.75) is 25.3 Å². The first-order valence-corrected chi connectivity index (χ1v) is 12.6. The third-order valence-corrected chi connectivity index (χ3v) is 8.25. The molecule has 5 rings (SSSR count). The van der Waals surface area contributed by atoms with Crippen LogP contribution in [0, 0.1) is 19.7 Å². The lowest BCUT2D eigenvalue weighted by molar-refractivity contribution is 0.177. The first kappa shape index (κ1) is 22.6. The van der Waals surface area contributed by atoms with E-state index < -0.39 is 10.0 Å². The second-order valence-electron chi connectivity index (χ2n) is 8.64. The zero-order chi connectivity index (χ0) is 23.9. The highest BCUT2D eigenvalue weighted by Crippen LogP contribution is 2.25. The Morgan fingerprint density at radius 2 is 1.76 bits per heavy atom. The number of sulfonamides is 1. The van der Waals surface area contributed by atoms with Gasteiger partial charge < -0.3 is 0 Å². The lowest BCUT2D eigenvalue weighted by Gasteiger charge is -2.34. The lowest BCUT2D eigenvalue weighted by Crippen LogP contribution is -2.48. The molecule has 1 aliphatic heterocycles. The van der Waals surface area contributed by atoms with Gasteiger partial charge in [-0.05, 0) is 61.4 Å². The largest absolute Gasteiger partial charge is 0.293 e. The molecule has 0 N–H and O–H groups in total. The van der Waals surface area contributed by atoms with Crippen molar-refractivity contribution in [1.29, 1.82) is 0 Å². The van der Waals surface area contributed by atoms with Gasteiger partial charge >= 0.3 is 0 Å². The molecule has 0 atom stereocenters. The predicted molar refractivity (Wildman–Crippen MR) is 129 cm³/mol. The summed E-state index contributed by atoms with van der Waals surface area (Å²) in [4.78, 5) is 11.8. The quantitative estimate of drug-likeness (QED) is 0.437. The Balaban J connectivity index is 1.38. The molecule has 0 spiro atoms. The molecule has 0 bridgehead atoms. The minimum Gasteiger partial charge on any atom is -0.293 e. The van der Waals surface area contributed by atoms with Crippen LogP contribution in [0.1, 0.15) is 17.0 Å². The Bertz CT molecular complexity index is 1460. The van der Waals surface area contributed by atoms with Crippen molar-refractivity contribution in [3.8, 4) is 5.69 Å². The van der Waals surface area contributed by atoms with Gasteiger partial charge in [-0.1, -0.05) is 18.2 Å². The van der Waals surface area contributed by atoms with Crippen molar-refractivity contribution >= 4 is 21.2 Å². The van der Waals surface area contributed by atoms with Gasteiger partial charge in [0.1, 0.15) is 17.2 Å². The van der Waals surface area contributed by atoms with Crippen LogP contribution in [0.3, 0.4) is 0 Å². The number of pyridine rings is 1. The van der Waals surface area contributed by atoms with Crippen LogP contribution in [0.2, 0.25) is 0 Å². The fourth-order valence-electron chi connectivity index (χ4n) is 4.40. The van der Waals surface area contributed by atoms with Gasteiger partial charge in [-0.15, -0.1) is 0 Å². The van der Waals surface area contributed by atoms with E-state index in [9.17, 15) is 12.8 Å². The third kappa shape index (κ3) is 4.22. The molecule has 7 nitrogen and oxygen atoms in total. The zero-order valence-corrected chi connectivity index (χ0v) is 20.0. The summed E-state index contributed by atoms with van der Waals surface area (Å²) in [5.41, 5.74) is 3.74. The molecule has 4 aromatic rings. The summed E-state index contributed by atoms with van der Waals surface area (Å²) >= 11 is 0. The molecular formula is C25H26FN5O2S. The highest BCUT2D eigenvalue weighted by atomic mass is 32.2. The molecule has 2 aromatic heterocycles. The third-order valence-electron chi connectivity index (χ3n) is 6.21. The molecule has 0 radical (unpaired) electrons. The molecule has 0 amide bonds. The fraction of sp³-hybridized carbons (Fsp3) is 0.280. The Labute approximate surface area is 198 Å². The van der Waals surface area contributed by atoms with Crippen LogP contribution in [0.5, 0.6) is 0 Å². The maximum atomic E-state index is 14.0. The Kier molecular flexibility index (Phi) is 5.93. The molecule has 2 aromatic carbocycles. The van der Waals surface area contributed by atoms with E-state index in [4.69, 9.17) is 4.98 Å². The van der Waals surface area contributed by atoms with Gasteiger partial charge in [0.15, 0.2) is 5.65 Å². The van der Waals surface area contributed by atoms with Crippen molar-refractivity contribution in [2.24, 2.45) is 0 Å². The summed E-state index contributed by atoms with van der Waals surface area (Å²) in [6.45, 7) is 6.17. The number of fused-ring (bicyclic) bond motifs is 1. The van der Waals surface area contributed by atoms with Crippen LogP contribution in [0.25, 0.3) is 16.9 Å². The van der Waals surface area contributed by atoms with Crippen molar-refractivity contribution in [3.63, 3.8) is 0 Å². The Hall–Kier alpha value is -3.14. The number of piperazine rings is 1. The number of nitrogens with zero attached hydrogens (tertiary/aromatic N) is 5. The SMILES string of the molecule is Cc1ccc(C)c(S(=O)(=O)N2CCN(Cc3nc4cccnc4n3-c3cccc(F)c3)CC2)c1. The maximum absolute atomic E-state index is 14.0. The monoisotopic (exact) mass is 479 g/mol. The van der Waals surface area contributed by atoms with Gasteiger partial charge in [-0.3, -0.25) is 9.47 Å². The normalized spacial score (nSPS) is 15.7. The Morgan fingerprint density at radius 3 is 2.53 bits per heavy atom. The van der Waals surface area contributed by atoms with Crippen LogP contribution in [-0.2, 0) is 16.6 Å². The van der Waals surface area contributed by atoms with Gasteiger partial charge in [0.2, 0.25) is 10.0 Å². The molecule has 0 saturated carbocycles. The highest BCUT2D eigenvalue weighted by Gasteiger charge is 2.30. The van der Waals surface area contributed by atoms with E-state index >= 15 is 0 Å². The van der Waals surface area contributed by atoms with E-state index in [1.54, 1.807) is 22.6 Å². The van der Waals surface area contributed by atoms with Gasteiger partial charge in [-0.2, -0.15) is 4.31 Å². The molecule has 3 heterocycles. The average molecular weight is 480 g/mol. The molecular weight excluding hydrogens is 453 g/mol. The topological polar surface area (TPSA) is 71.3 Å². The van der Waals surface area contributed by atoms with Gasteiger partial charge in [0.05, 0.1) is 17.1 Å². The minimum atomic E-state index is -3.55. The number of imidazole rings is 1. The maximum Gasteiger partial charge on any atom is 0.243 e. The van der Waals surface area contributed by atoms with Gasteiger partial charge in [-0.25, -0.2) is 22.8 Å². The smallest absolute Gasteiger partial charge is 0.243 e. The van der Waals surface area contributed by atoms with E-state index in [1.807, 2.05) is 48.7 Å². The molecule has 1 saturated heterocycles. The van der Waals surface area contributed by atoms with Gasteiger partial charge in [0.25, 0.3) is 0 Å². The van der Waals surface area contributed by atoms with E-state index in [-0.39, 0.29) is 5.82 Å². The van der Waals surface area contributed by atoms with Gasteiger partial charge in [0, 0.05) is 32.4 Å². The number of rotatable bonds is 5. The second kappa shape index (κ2) is 8.90. The van der Waals surface area contributed by atoms with Crippen LogP contribution in [0.4, 0.5) is 4.39 Å². The number of hydrogen-bond acceptors (Lipinski definition) is 5. The average Bonchev–Trinajstić information content (AvgIpc) is 3.18. The molecule has 176 valence electrons. The summed E-state index contributed by atoms with van der Waals surface area (Å²) in [7, 11) is -3.55. The lowest BCUT2D eigenvalue weighted by atomic mass is 10.2. The van der Waals surface area contributed by atoms with Crippen LogP contribution >= 0.6 is 0 Å². The van der Waals surface area contributed by atoms with Crippen molar-refractivity contribution < 1.29 is 12.8 Å². The van der Waals surface area contributed by atoms with Crippen molar-refractivity contribution in [2.75, 3.05) is 26.2 Å². The van der Waals surface area contributed by atoms with E-state index in [0.29, 0.717) is 49.0 Å².